The number of nitrogens with two attached hydrogens (primary N) is 1. The number of hydrogen-bond donors (Lipinski definition) is 1. The van der Waals surface area contributed by atoms with E-state index in [4.69, 9.17) is 14.9 Å². The number of amides is 2. The van der Waals surface area contributed by atoms with Gasteiger partial charge in [-0.3, -0.25) is 19.3 Å². The van der Waals surface area contributed by atoms with E-state index in [1.54, 1.807) is 47.4 Å². The van der Waals surface area contributed by atoms with E-state index >= 15 is 0 Å². The van der Waals surface area contributed by atoms with Crippen LogP contribution in [0.3, 0.4) is 0 Å². The number of ether oxygens (including phenoxy) is 1. The maximum Gasteiger partial charge on any atom is 0.295 e. The van der Waals surface area contributed by atoms with Gasteiger partial charge in [-0.25, -0.2) is 0 Å². The van der Waals surface area contributed by atoms with E-state index in [0.717, 1.165) is 10.0 Å². The number of benzene rings is 3. The molecular formula is C26H19BrN2O5. The lowest BCUT2D eigenvalue weighted by atomic mass is 9.98. The molecule has 3 aromatic carbocycles. The summed E-state index contributed by atoms with van der Waals surface area (Å²) < 4.78 is 12.1. The molecule has 0 radical (unpaired) electrons. The van der Waals surface area contributed by atoms with E-state index < -0.39 is 11.9 Å². The molecule has 0 bridgehead atoms. The van der Waals surface area contributed by atoms with E-state index in [2.05, 4.69) is 15.9 Å². The molecule has 5 rings (SSSR count). The van der Waals surface area contributed by atoms with E-state index in [1.165, 1.54) is 0 Å². The van der Waals surface area contributed by atoms with Gasteiger partial charge in [0.2, 0.25) is 5.76 Å². The average Bonchev–Trinajstić information content (AvgIpc) is 3.11. The molecule has 1 aliphatic rings. The molecule has 1 atom stereocenters. The van der Waals surface area contributed by atoms with Crippen LogP contribution in [0.4, 0.5) is 5.69 Å². The smallest absolute Gasteiger partial charge is 0.295 e. The molecule has 1 unspecified atom stereocenters. The maximum absolute atomic E-state index is 13.6. The minimum absolute atomic E-state index is 0.0273. The van der Waals surface area contributed by atoms with Crippen LogP contribution in [0.15, 0.2) is 80.4 Å². The zero-order valence-electron chi connectivity index (χ0n) is 18.1. The number of rotatable bonds is 5. The Morgan fingerprint density at radius 2 is 1.76 bits per heavy atom. The Bertz CT molecular complexity index is 1490. The van der Waals surface area contributed by atoms with Crippen LogP contribution in [-0.4, -0.2) is 18.4 Å². The van der Waals surface area contributed by atoms with Crippen molar-refractivity contribution >= 4 is 44.4 Å². The Hall–Kier alpha value is -3.91. The van der Waals surface area contributed by atoms with E-state index in [1.807, 2.05) is 31.2 Å². The van der Waals surface area contributed by atoms with Gasteiger partial charge in [0.25, 0.3) is 11.8 Å². The first kappa shape index (κ1) is 21.9. The van der Waals surface area contributed by atoms with Crippen molar-refractivity contribution in [2.75, 3.05) is 11.5 Å². The highest BCUT2D eigenvalue weighted by Crippen LogP contribution is 2.41. The number of halogens is 1. The van der Waals surface area contributed by atoms with Gasteiger partial charge in [-0.2, -0.15) is 0 Å². The molecule has 0 spiro atoms. The summed E-state index contributed by atoms with van der Waals surface area (Å²) in [6, 6.07) is 18.8. The topological polar surface area (TPSA) is 103 Å². The standard InChI is InChI=1S/C26H19BrN2O5/c1-14-2-7-17(8-3-14)29-23(15-4-9-18(10-5-15)33-13-21(28)30)22-24(31)19-12-16(27)6-11-20(19)34-25(22)26(29)32/h2-12,23H,13H2,1H3,(H2,28,30). The van der Waals surface area contributed by atoms with Crippen LogP contribution in [-0.2, 0) is 4.79 Å². The molecule has 34 heavy (non-hydrogen) atoms. The Morgan fingerprint density at radius 1 is 1.06 bits per heavy atom. The Morgan fingerprint density at radius 3 is 2.44 bits per heavy atom. The highest BCUT2D eigenvalue weighted by molar-refractivity contribution is 9.10. The molecule has 2 amide bonds. The summed E-state index contributed by atoms with van der Waals surface area (Å²) >= 11 is 3.40. The second-order valence-electron chi connectivity index (χ2n) is 8.05. The van der Waals surface area contributed by atoms with E-state index in [-0.39, 0.29) is 29.3 Å². The zero-order valence-corrected chi connectivity index (χ0v) is 19.7. The van der Waals surface area contributed by atoms with Crippen molar-refractivity contribution in [3.63, 3.8) is 0 Å². The molecule has 0 saturated heterocycles. The van der Waals surface area contributed by atoms with Crippen molar-refractivity contribution in [2.45, 2.75) is 13.0 Å². The first-order valence-electron chi connectivity index (χ1n) is 10.5. The lowest BCUT2D eigenvalue weighted by Gasteiger charge is -2.25. The molecule has 170 valence electrons. The fraction of sp³-hybridized carbons (Fsp3) is 0.115. The third-order valence-electron chi connectivity index (χ3n) is 5.72. The van der Waals surface area contributed by atoms with Gasteiger partial charge in [-0.15, -0.1) is 0 Å². The van der Waals surface area contributed by atoms with Crippen LogP contribution in [0.5, 0.6) is 5.75 Å². The molecule has 2 N–H and O–H groups in total. The minimum atomic E-state index is -0.699. The largest absolute Gasteiger partial charge is 0.484 e. The summed E-state index contributed by atoms with van der Waals surface area (Å²) in [7, 11) is 0. The second-order valence-corrected chi connectivity index (χ2v) is 8.97. The van der Waals surface area contributed by atoms with E-state index in [0.29, 0.717) is 28.0 Å². The third-order valence-corrected chi connectivity index (χ3v) is 6.21. The van der Waals surface area contributed by atoms with Crippen LogP contribution < -0.4 is 20.8 Å². The van der Waals surface area contributed by atoms with E-state index in [9.17, 15) is 14.4 Å². The summed E-state index contributed by atoms with van der Waals surface area (Å²) in [6.07, 6.45) is 0. The number of anilines is 1. The number of carbonyl (C=O) groups is 2. The van der Waals surface area contributed by atoms with Crippen molar-refractivity contribution in [3.8, 4) is 5.75 Å². The van der Waals surface area contributed by atoms with Gasteiger partial charge >= 0.3 is 0 Å². The molecule has 7 nitrogen and oxygen atoms in total. The zero-order chi connectivity index (χ0) is 24.0. The predicted octanol–water partition coefficient (Wildman–Crippen LogP) is 4.48. The monoisotopic (exact) mass is 518 g/mol. The third kappa shape index (κ3) is 3.76. The molecule has 0 saturated carbocycles. The van der Waals surface area contributed by atoms with Crippen molar-refractivity contribution < 1.29 is 18.7 Å². The van der Waals surface area contributed by atoms with Crippen LogP contribution in [0.2, 0.25) is 0 Å². The van der Waals surface area contributed by atoms with Crippen molar-refractivity contribution in [2.24, 2.45) is 5.73 Å². The summed E-state index contributed by atoms with van der Waals surface area (Å²) in [5, 5.41) is 0.387. The Labute approximate surface area is 202 Å². The number of nitrogens with zero attached hydrogens (tertiary/aromatic N) is 1. The fourth-order valence-electron chi connectivity index (χ4n) is 4.13. The number of fused-ring (bicyclic) bond motifs is 2. The predicted molar refractivity (Wildman–Crippen MR) is 131 cm³/mol. The Balaban J connectivity index is 1.69. The van der Waals surface area contributed by atoms with Crippen LogP contribution in [0.1, 0.15) is 33.3 Å². The first-order valence-corrected chi connectivity index (χ1v) is 11.3. The first-order chi connectivity index (χ1) is 16.3. The number of primary amides is 1. The van der Waals surface area contributed by atoms with Crippen molar-refractivity contribution in [1.29, 1.82) is 0 Å². The summed E-state index contributed by atoms with van der Waals surface area (Å²) in [5.41, 5.74) is 7.90. The minimum Gasteiger partial charge on any atom is -0.484 e. The number of carbonyl (C=O) groups excluding carboxylic acids is 2. The lowest BCUT2D eigenvalue weighted by Crippen LogP contribution is -2.29. The highest BCUT2D eigenvalue weighted by atomic mass is 79.9. The van der Waals surface area contributed by atoms with Crippen molar-refractivity contribution in [3.05, 3.63) is 104 Å². The van der Waals surface area contributed by atoms with Gasteiger partial charge in [-0.05, 0) is 55.0 Å². The Kier molecular flexibility index (Phi) is 5.45. The fourth-order valence-corrected chi connectivity index (χ4v) is 4.49. The van der Waals surface area contributed by atoms with Gasteiger partial charge in [0, 0.05) is 10.2 Å². The summed E-state index contributed by atoms with van der Waals surface area (Å²) in [5.74, 6) is -0.497. The number of aryl methyl sites for hydroxylation is 1. The van der Waals surface area contributed by atoms with Crippen molar-refractivity contribution in [1.82, 2.24) is 0 Å². The summed E-state index contributed by atoms with van der Waals surface area (Å²) in [4.78, 5) is 39.8. The second kappa shape index (κ2) is 8.46. The number of hydrogen-bond acceptors (Lipinski definition) is 5. The van der Waals surface area contributed by atoms with Crippen LogP contribution in [0.25, 0.3) is 11.0 Å². The van der Waals surface area contributed by atoms with Gasteiger partial charge in [0.05, 0.1) is 17.0 Å². The molecule has 1 aliphatic heterocycles. The SMILES string of the molecule is Cc1ccc(N2C(=O)c3oc4ccc(Br)cc4c(=O)c3C2c2ccc(OCC(N)=O)cc2)cc1. The molecule has 2 heterocycles. The van der Waals surface area contributed by atoms with Gasteiger partial charge in [0.1, 0.15) is 11.3 Å². The molecule has 0 fully saturated rings. The van der Waals surface area contributed by atoms with Gasteiger partial charge in [-0.1, -0.05) is 45.8 Å². The molecular weight excluding hydrogens is 500 g/mol. The molecule has 4 aromatic rings. The lowest BCUT2D eigenvalue weighted by molar-refractivity contribution is -0.119. The van der Waals surface area contributed by atoms with Crippen LogP contribution >= 0.6 is 15.9 Å². The highest BCUT2D eigenvalue weighted by Gasteiger charge is 2.43. The average molecular weight is 519 g/mol. The van der Waals surface area contributed by atoms with Crippen LogP contribution in [0, 0.1) is 6.92 Å². The van der Waals surface area contributed by atoms with Gasteiger partial charge in [0.15, 0.2) is 12.0 Å². The molecule has 8 heteroatoms. The summed E-state index contributed by atoms with van der Waals surface area (Å²) in [6.45, 7) is 1.71. The molecule has 1 aromatic heterocycles. The van der Waals surface area contributed by atoms with Gasteiger partial charge < -0.3 is 14.9 Å². The molecule has 0 aliphatic carbocycles. The maximum atomic E-state index is 13.6. The quantitative estimate of drug-likeness (QED) is 0.419. The normalized spacial score (nSPS) is 14.9.